The molecule has 0 saturated heterocycles. The van der Waals surface area contributed by atoms with Crippen molar-refractivity contribution < 1.29 is 27.9 Å². The number of carboxylic acids is 1. The Morgan fingerprint density at radius 2 is 1.91 bits per heavy atom. The number of aliphatic carboxylic acids is 1. The summed E-state index contributed by atoms with van der Waals surface area (Å²) in [4.78, 5) is 34.6. The number of aromatic nitrogens is 3. The van der Waals surface area contributed by atoms with Crippen molar-refractivity contribution in [2.24, 2.45) is 5.41 Å². The minimum Gasteiger partial charge on any atom is -0.481 e. The second-order valence-corrected chi connectivity index (χ2v) is 9.53. The molecule has 1 N–H and O–H groups in total. The van der Waals surface area contributed by atoms with Crippen LogP contribution in [0.2, 0.25) is 0 Å². The second-order valence-electron chi connectivity index (χ2n) is 9.53. The topological polar surface area (TPSA) is 88.3 Å². The fourth-order valence-corrected chi connectivity index (χ4v) is 4.49. The zero-order chi connectivity index (χ0) is 25.4. The van der Waals surface area contributed by atoms with E-state index in [0.717, 1.165) is 35.0 Å². The quantitative estimate of drug-likeness (QED) is 0.523. The van der Waals surface area contributed by atoms with E-state index in [1.54, 1.807) is 24.9 Å². The lowest BCUT2D eigenvalue weighted by Crippen LogP contribution is -2.36. The van der Waals surface area contributed by atoms with Crippen molar-refractivity contribution in [1.29, 1.82) is 0 Å². The summed E-state index contributed by atoms with van der Waals surface area (Å²) in [6, 6.07) is 5.73. The first-order chi connectivity index (χ1) is 16.5. The first-order valence-electron chi connectivity index (χ1n) is 11.5. The Bertz CT molecular complexity index is 1270. The van der Waals surface area contributed by atoms with Crippen molar-refractivity contribution in [3.63, 3.8) is 0 Å². The van der Waals surface area contributed by atoms with Crippen LogP contribution in [-0.2, 0) is 35.3 Å². The molecule has 35 heavy (non-hydrogen) atoms. The van der Waals surface area contributed by atoms with Gasteiger partial charge in [-0.2, -0.15) is 13.2 Å². The van der Waals surface area contributed by atoms with Crippen LogP contribution in [0.1, 0.15) is 55.6 Å². The van der Waals surface area contributed by atoms with Gasteiger partial charge < -0.3 is 14.6 Å². The number of carbonyl (C=O) groups excluding carboxylic acids is 1. The molecule has 1 amide bonds. The Hall–Kier alpha value is -3.43. The fraction of sp³-hybridized carbons (Fsp3) is 0.440. The normalized spacial score (nSPS) is 14.3. The molecule has 0 saturated carbocycles. The third-order valence-electron chi connectivity index (χ3n) is 6.60. The van der Waals surface area contributed by atoms with Gasteiger partial charge in [-0.15, -0.1) is 0 Å². The maximum atomic E-state index is 13.2. The first kappa shape index (κ1) is 24.7. The Kier molecular flexibility index (Phi) is 6.57. The Balaban J connectivity index is 1.58. The summed E-state index contributed by atoms with van der Waals surface area (Å²) in [5, 5.41) is 10.2. The van der Waals surface area contributed by atoms with Crippen LogP contribution < -0.4 is 0 Å². The SMILES string of the molecule is CC(C)(CCCC(=O)N1CCc2c(n(Cc3cc(C(F)(F)F)ccn3)c3ncccc23)C1)C(=O)O. The minimum atomic E-state index is -4.47. The van der Waals surface area contributed by atoms with Gasteiger partial charge >= 0.3 is 12.1 Å². The summed E-state index contributed by atoms with van der Waals surface area (Å²) in [5.41, 5.74) is 1.12. The fourth-order valence-electron chi connectivity index (χ4n) is 4.49. The number of carboxylic acid groups (broad SMARTS) is 1. The van der Waals surface area contributed by atoms with Crippen molar-refractivity contribution in [2.75, 3.05) is 6.54 Å². The van der Waals surface area contributed by atoms with Crippen molar-refractivity contribution >= 4 is 22.9 Å². The number of halogens is 3. The van der Waals surface area contributed by atoms with E-state index < -0.39 is 23.1 Å². The summed E-state index contributed by atoms with van der Waals surface area (Å²) >= 11 is 0. The molecule has 4 rings (SSSR count). The standard InChI is InChI=1S/C25H27F3N4O3/c1-24(2,23(34)35)9-3-6-21(33)31-12-8-18-19-5-4-10-30-22(19)32(20(18)15-31)14-17-13-16(7-11-29-17)25(26,27)28/h4-5,7,10-11,13H,3,6,8-9,12,14-15H2,1-2H3,(H,34,35). The molecule has 0 spiro atoms. The van der Waals surface area contributed by atoms with E-state index in [0.29, 0.717) is 38.0 Å². The number of amides is 1. The lowest BCUT2D eigenvalue weighted by Gasteiger charge is -2.29. The van der Waals surface area contributed by atoms with Gasteiger partial charge in [-0.3, -0.25) is 14.6 Å². The summed E-state index contributed by atoms with van der Waals surface area (Å²) in [5.74, 6) is -0.966. The predicted molar refractivity (Wildman–Crippen MR) is 122 cm³/mol. The molecule has 0 aliphatic carbocycles. The molecule has 186 valence electrons. The minimum absolute atomic E-state index is 0.0706. The highest BCUT2D eigenvalue weighted by Gasteiger charge is 2.32. The van der Waals surface area contributed by atoms with Gasteiger partial charge in [-0.1, -0.05) is 0 Å². The van der Waals surface area contributed by atoms with E-state index in [9.17, 15) is 27.9 Å². The van der Waals surface area contributed by atoms with Crippen LogP contribution in [0, 0.1) is 5.41 Å². The molecule has 0 bridgehead atoms. The molecule has 0 aromatic carbocycles. The highest BCUT2D eigenvalue weighted by atomic mass is 19.4. The van der Waals surface area contributed by atoms with Gasteiger partial charge in [-0.25, -0.2) is 4.98 Å². The monoisotopic (exact) mass is 488 g/mol. The van der Waals surface area contributed by atoms with Gasteiger partial charge in [0.15, 0.2) is 0 Å². The molecule has 0 fully saturated rings. The van der Waals surface area contributed by atoms with Crippen molar-refractivity contribution in [3.05, 3.63) is 59.2 Å². The van der Waals surface area contributed by atoms with Crippen LogP contribution in [0.3, 0.4) is 0 Å². The molecule has 10 heteroatoms. The van der Waals surface area contributed by atoms with E-state index >= 15 is 0 Å². The van der Waals surface area contributed by atoms with Gasteiger partial charge in [0, 0.05) is 36.4 Å². The van der Waals surface area contributed by atoms with Crippen molar-refractivity contribution in [1.82, 2.24) is 19.4 Å². The predicted octanol–water partition coefficient (Wildman–Crippen LogP) is 4.66. The summed E-state index contributed by atoms with van der Waals surface area (Å²) in [6.45, 7) is 4.21. The highest BCUT2D eigenvalue weighted by molar-refractivity contribution is 5.84. The van der Waals surface area contributed by atoms with Gasteiger partial charge in [0.1, 0.15) is 5.65 Å². The molecule has 7 nitrogen and oxygen atoms in total. The third-order valence-corrected chi connectivity index (χ3v) is 6.60. The largest absolute Gasteiger partial charge is 0.481 e. The first-order valence-corrected chi connectivity index (χ1v) is 11.5. The maximum Gasteiger partial charge on any atom is 0.416 e. The molecule has 3 aromatic rings. The molecule has 1 aliphatic heterocycles. The van der Waals surface area contributed by atoms with Gasteiger partial charge in [0.05, 0.1) is 29.8 Å². The van der Waals surface area contributed by atoms with Gasteiger partial charge in [0.2, 0.25) is 5.91 Å². The lowest BCUT2D eigenvalue weighted by molar-refractivity contribution is -0.147. The number of hydrogen-bond donors (Lipinski definition) is 1. The van der Waals surface area contributed by atoms with Crippen LogP contribution in [0.15, 0.2) is 36.7 Å². The van der Waals surface area contributed by atoms with Gasteiger partial charge in [0.25, 0.3) is 0 Å². The zero-order valence-corrected chi connectivity index (χ0v) is 19.6. The number of rotatable bonds is 7. The molecular formula is C25H27F3N4O3. The summed E-state index contributed by atoms with van der Waals surface area (Å²) in [6.07, 6.45) is 0.00699. The smallest absolute Gasteiger partial charge is 0.416 e. The molecule has 0 unspecified atom stereocenters. The lowest BCUT2D eigenvalue weighted by atomic mass is 9.87. The number of pyridine rings is 2. The van der Waals surface area contributed by atoms with E-state index in [4.69, 9.17) is 0 Å². The molecular weight excluding hydrogens is 461 g/mol. The summed E-state index contributed by atoms with van der Waals surface area (Å²) < 4.78 is 41.5. The van der Waals surface area contributed by atoms with Crippen molar-refractivity contribution in [2.45, 2.75) is 58.8 Å². The third kappa shape index (κ3) is 5.16. The van der Waals surface area contributed by atoms with Crippen LogP contribution in [-0.4, -0.2) is 43.0 Å². The maximum absolute atomic E-state index is 13.2. The van der Waals surface area contributed by atoms with Crippen LogP contribution in [0.25, 0.3) is 11.0 Å². The van der Waals surface area contributed by atoms with E-state index in [1.807, 2.05) is 16.7 Å². The summed E-state index contributed by atoms with van der Waals surface area (Å²) in [7, 11) is 0. The Labute approximate surface area is 200 Å². The molecule has 4 heterocycles. The second kappa shape index (κ2) is 9.31. The average Bonchev–Trinajstić information content (AvgIpc) is 3.11. The van der Waals surface area contributed by atoms with Crippen LogP contribution in [0.4, 0.5) is 13.2 Å². The number of nitrogens with zero attached hydrogens (tertiary/aromatic N) is 4. The molecule has 1 aliphatic rings. The Morgan fingerprint density at radius 3 is 2.63 bits per heavy atom. The molecule has 3 aromatic heterocycles. The molecule has 0 radical (unpaired) electrons. The number of fused-ring (bicyclic) bond motifs is 3. The highest BCUT2D eigenvalue weighted by Crippen LogP contribution is 2.33. The number of alkyl halides is 3. The van der Waals surface area contributed by atoms with E-state index in [2.05, 4.69) is 9.97 Å². The number of carbonyl (C=O) groups is 2. The van der Waals surface area contributed by atoms with Gasteiger partial charge in [-0.05, 0) is 62.9 Å². The average molecular weight is 489 g/mol. The van der Waals surface area contributed by atoms with Crippen LogP contribution in [0.5, 0.6) is 0 Å². The zero-order valence-electron chi connectivity index (χ0n) is 19.6. The molecule has 0 atom stereocenters. The van der Waals surface area contributed by atoms with E-state index in [-0.39, 0.29) is 24.6 Å². The number of hydrogen-bond acceptors (Lipinski definition) is 4. The Morgan fingerprint density at radius 1 is 1.14 bits per heavy atom. The van der Waals surface area contributed by atoms with E-state index in [1.165, 1.54) is 0 Å². The van der Waals surface area contributed by atoms with Crippen molar-refractivity contribution in [3.8, 4) is 0 Å². The van der Waals surface area contributed by atoms with Crippen LogP contribution >= 0.6 is 0 Å².